The molecule has 2 heterocycles. The molecular weight excluding hydrogens is 623 g/mol. The van der Waals surface area contributed by atoms with Crippen molar-refractivity contribution in [3.63, 3.8) is 0 Å². The van der Waals surface area contributed by atoms with E-state index in [4.69, 9.17) is 9.97 Å². The Hall–Kier alpha value is -6.78. The molecular formula is C47H33N3O. The van der Waals surface area contributed by atoms with Gasteiger partial charge in [0.05, 0.1) is 11.4 Å². The third-order valence-electron chi connectivity index (χ3n) is 9.10. The Morgan fingerprint density at radius 1 is 0.412 bits per heavy atom. The number of pyridine rings is 1. The molecule has 0 aliphatic rings. The summed E-state index contributed by atoms with van der Waals surface area (Å²) in [5.74, 6) is 0.737. The summed E-state index contributed by atoms with van der Waals surface area (Å²) in [5.41, 5.74) is 12.8. The molecule has 2 aromatic heterocycles. The maximum Gasteiger partial charge on any atom is 0.167 e. The number of nitrogens with zero attached hydrogens (tertiary/aromatic N) is 3. The summed E-state index contributed by atoms with van der Waals surface area (Å²) < 4.78 is 0. The molecule has 0 amide bonds. The Bertz CT molecular complexity index is 2370. The second kappa shape index (κ2) is 14.4. The maximum atomic E-state index is 13.6. The lowest BCUT2D eigenvalue weighted by Crippen LogP contribution is -2.05. The second-order valence-electron chi connectivity index (χ2n) is 12.4. The Morgan fingerprint density at radius 2 is 0.922 bits per heavy atom. The zero-order valence-corrected chi connectivity index (χ0v) is 27.9. The van der Waals surface area contributed by atoms with Crippen LogP contribution in [-0.4, -0.2) is 20.7 Å². The molecule has 0 saturated carbocycles. The van der Waals surface area contributed by atoms with Crippen molar-refractivity contribution in [2.24, 2.45) is 0 Å². The smallest absolute Gasteiger partial charge is 0.167 e. The van der Waals surface area contributed by atoms with E-state index in [1.807, 2.05) is 54.6 Å². The minimum Gasteiger partial charge on any atom is -0.294 e. The fraction of sp³-hybridized carbons (Fsp3) is 0.0213. The van der Waals surface area contributed by atoms with Crippen molar-refractivity contribution < 1.29 is 4.79 Å². The Morgan fingerprint density at radius 3 is 1.57 bits per heavy atom. The quantitative estimate of drug-likeness (QED) is 0.145. The number of benzene rings is 6. The van der Waals surface area contributed by atoms with E-state index in [9.17, 15) is 4.79 Å². The predicted octanol–water partition coefficient (Wildman–Crippen LogP) is 11.3. The highest BCUT2D eigenvalue weighted by Gasteiger charge is 2.17. The van der Waals surface area contributed by atoms with Crippen molar-refractivity contribution in [2.75, 3.05) is 0 Å². The van der Waals surface area contributed by atoms with Crippen LogP contribution in [0.1, 0.15) is 15.9 Å². The van der Waals surface area contributed by atoms with Gasteiger partial charge in [-0.1, -0.05) is 158 Å². The third kappa shape index (κ3) is 6.89. The molecule has 0 saturated heterocycles. The van der Waals surface area contributed by atoms with E-state index in [0.717, 1.165) is 67.0 Å². The minimum absolute atomic E-state index is 0.0514. The fourth-order valence-electron chi connectivity index (χ4n) is 6.48. The van der Waals surface area contributed by atoms with Crippen molar-refractivity contribution in [1.82, 2.24) is 15.0 Å². The predicted molar refractivity (Wildman–Crippen MR) is 207 cm³/mol. The van der Waals surface area contributed by atoms with E-state index in [-0.39, 0.29) is 12.2 Å². The van der Waals surface area contributed by atoms with Gasteiger partial charge in [-0.3, -0.25) is 9.78 Å². The largest absolute Gasteiger partial charge is 0.294 e. The van der Waals surface area contributed by atoms with Gasteiger partial charge in [-0.05, 0) is 57.1 Å². The molecule has 4 nitrogen and oxygen atoms in total. The van der Waals surface area contributed by atoms with Crippen LogP contribution in [0.3, 0.4) is 0 Å². The lowest BCUT2D eigenvalue weighted by Gasteiger charge is -2.16. The summed E-state index contributed by atoms with van der Waals surface area (Å²) in [5, 5.41) is 0. The van der Waals surface area contributed by atoms with E-state index in [2.05, 4.69) is 114 Å². The number of hydrogen-bond donors (Lipinski definition) is 0. The van der Waals surface area contributed by atoms with Crippen LogP contribution in [0.4, 0.5) is 0 Å². The summed E-state index contributed by atoms with van der Waals surface area (Å²) in [4.78, 5) is 27.7. The van der Waals surface area contributed by atoms with Gasteiger partial charge >= 0.3 is 0 Å². The van der Waals surface area contributed by atoms with E-state index >= 15 is 0 Å². The molecule has 8 aromatic rings. The summed E-state index contributed by atoms with van der Waals surface area (Å²) >= 11 is 0. The molecule has 51 heavy (non-hydrogen) atoms. The van der Waals surface area contributed by atoms with Gasteiger partial charge < -0.3 is 0 Å². The SMILES string of the molecule is O=C(Cc1cc(-c2ccc(-c3cc(-c4ccccc4)nc(-c4ccccc4)n3)cc2)ccc1-c1ccccc1-c1ccccc1)c1ccncc1. The summed E-state index contributed by atoms with van der Waals surface area (Å²) in [6.07, 6.45) is 3.60. The first-order valence-corrected chi connectivity index (χ1v) is 17.0. The summed E-state index contributed by atoms with van der Waals surface area (Å²) in [7, 11) is 0. The number of hydrogen-bond acceptors (Lipinski definition) is 4. The first kappa shape index (κ1) is 31.5. The molecule has 4 heteroatoms. The number of carbonyl (C=O) groups excluding carboxylic acids is 1. The van der Waals surface area contributed by atoms with E-state index in [1.54, 1.807) is 24.5 Å². The normalized spacial score (nSPS) is 10.9. The van der Waals surface area contributed by atoms with Crippen molar-refractivity contribution in [1.29, 1.82) is 0 Å². The molecule has 0 spiro atoms. The van der Waals surface area contributed by atoms with Crippen molar-refractivity contribution in [2.45, 2.75) is 6.42 Å². The molecule has 0 bridgehead atoms. The van der Waals surface area contributed by atoms with Crippen molar-refractivity contribution in [3.05, 3.63) is 199 Å². The van der Waals surface area contributed by atoms with Crippen molar-refractivity contribution in [3.8, 4) is 67.3 Å². The van der Waals surface area contributed by atoms with Crippen LogP contribution in [0.2, 0.25) is 0 Å². The molecule has 6 aromatic carbocycles. The average molecular weight is 656 g/mol. The lowest BCUT2D eigenvalue weighted by atomic mass is 9.87. The fourth-order valence-corrected chi connectivity index (χ4v) is 6.48. The zero-order chi connectivity index (χ0) is 34.4. The molecule has 8 rings (SSSR count). The molecule has 0 aliphatic carbocycles. The Balaban J connectivity index is 1.19. The topological polar surface area (TPSA) is 55.7 Å². The lowest BCUT2D eigenvalue weighted by molar-refractivity contribution is 0.0993. The minimum atomic E-state index is 0.0514. The van der Waals surface area contributed by atoms with E-state index in [0.29, 0.717) is 11.4 Å². The standard InChI is InChI=1S/C47H33N3O/c51-46(37-26-28-48-29-27-37)31-40-30-39(24-25-42(40)43-19-11-10-18-41(43)34-12-4-1-5-13-34)33-20-22-36(23-21-33)45-32-44(35-14-6-2-7-15-35)49-47(50-45)38-16-8-3-9-17-38/h1-30,32H,31H2. The second-order valence-corrected chi connectivity index (χ2v) is 12.4. The van der Waals surface area contributed by atoms with Crippen LogP contribution in [0.15, 0.2) is 188 Å². The maximum absolute atomic E-state index is 13.6. The summed E-state index contributed by atoms with van der Waals surface area (Å²) in [6.45, 7) is 0. The Kier molecular flexibility index (Phi) is 8.87. The zero-order valence-electron chi connectivity index (χ0n) is 27.9. The number of rotatable bonds is 9. The van der Waals surface area contributed by atoms with Crippen LogP contribution in [-0.2, 0) is 6.42 Å². The van der Waals surface area contributed by atoms with E-state index < -0.39 is 0 Å². The van der Waals surface area contributed by atoms with Crippen LogP contribution in [0, 0.1) is 0 Å². The molecule has 0 unspecified atom stereocenters. The van der Waals surface area contributed by atoms with Gasteiger partial charge in [-0.15, -0.1) is 0 Å². The number of aromatic nitrogens is 3. The van der Waals surface area contributed by atoms with Gasteiger partial charge in [0.25, 0.3) is 0 Å². The molecule has 0 fully saturated rings. The van der Waals surface area contributed by atoms with Crippen LogP contribution < -0.4 is 0 Å². The van der Waals surface area contributed by atoms with Crippen LogP contribution in [0.5, 0.6) is 0 Å². The van der Waals surface area contributed by atoms with Gasteiger partial charge in [0, 0.05) is 41.1 Å². The number of Topliss-reactive ketones (excluding diaryl/α,β-unsaturated/α-hetero) is 1. The van der Waals surface area contributed by atoms with Crippen LogP contribution in [0.25, 0.3) is 67.3 Å². The highest BCUT2D eigenvalue weighted by Crippen LogP contribution is 2.37. The highest BCUT2D eigenvalue weighted by molar-refractivity contribution is 5.99. The van der Waals surface area contributed by atoms with Gasteiger partial charge in [-0.25, -0.2) is 9.97 Å². The average Bonchev–Trinajstić information content (AvgIpc) is 3.22. The molecule has 0 atom stereocenters. The first-order valence-electron chi connectivity index (χ1n) is 17.0. The van der Waals surface area contributed by atoms with Crippen molar-refractivity contribution >= 4 is 5.78 Å². The molecule has 0 aliphatic heterocycles. The van der Waals surface area contributed by atoms with Gasteiger partial charge in [0.15, 0.2) is 11.6 Å². The van der Waals surface area contributed by atoms with Gasteiger partial charge in [-0.2, -0.15) is 0 Å². The summed E-state index contributed by atoms with van der Waals surface area (Å²) in [6, 6.07) is 59.7. The van der Waals surface area contributed by atoms with Gasteiger partial charge in [0.2, 0.25) is 0 Å². The number of carbonyl (C=O) groups is 1. The highest BCUT2D eigenvalue weighted by atomic mass is 16.1. The number of ketones is 1. The van der Waals surface area contributed by atoms with E-state index in [1.165, 1.54) is 0 Å². The first-order chi connectivity index (χ1) is 25.2. The molecule has 0 radical (unpaired) electrons. The van der Waals surface area contributed by atoms with Crippen LogP contribution >= 0.6 is 0 Å². The molecule has 242 valence electrons. The monoisotopic (exact) mass is 655 g/mol. The molecule has 0 N–H and O–H groups in total. The van der Waals surface area contributed by atoms with Gasteiger partial charge in [0.1, 0.15) is 0 Å². The third-order valence-corrected chi connectivity index (χ3v) is 9.10. The Labute approximate surface area is 297 Å².